The summed E-state index contributed by atoms with van der Waals surface area (Å²) in [5, 5.41) is 8.65. The van der Waals surface area contributed by atoms with E-state index in [9.17, 15) is 9.59 Å². The molecule has 1 unspecified atom stereocenters. The number of nitrogens with zero attached hydrogens (tertiary/aromatic N) is 1. The summed E-state index contributed by atoms with van der Waals surface area (Å²) in [4.78, 5) is 22.9. The summed E-state index contributed by atoms with van der Waals surface area (Å²) < 4.78 is 0. The van der Waals surface area contributed by atoms with Crippen molar-refractivity contribution in [1.29, 1.82) is 0 Å². The summed E-state index contributed by atoms with van der Waals surface area (Å²) in [5.74, 6) is -1.49. The summed E-state index contributed by atoms with van der Waals surface area (Å²) in [6.07, 6.45) is 3.34. The lowest BCUT2D eigenvalue weighted by molar-refractivity contribution is -0.141. The molecule has 0 aromatic carbocycles. The summed E-state index contributed by atoms with van der Waals surface area (Å²) in [7, 11) is 0. The van der Waals surface area contributed by atoms with Gasteiger partial charge in [-0.05, 0) is 0 Å². The van der Waals surface area contributed by atoms with Gasteiger partial charge in [0.2, 0.25) is 5.91 Å². The maximum absolute atomic E-state index is 10.9. The first-order chi connectivity index (χ1) is 5.61. The monoisotopic (exact) mass is 169 g/mol. The molecule has 0 radical (unpaired) electrons. The number of aliphatic carboxylic acids is 1. The molecule has 1 aliphatic heterocycles. The third-order valence-corrected chi connectivity index (χ3v) is 1.87. The van der Waals surface area contributed by atoms with Crippen LogP contribution in [0.5, 0.6) is 0 Å². The van der Waals surface area contributed by atoms with Gasteiger partial charge in [0.15, 0.2) is 0 Å². The van der Waals surface area contributed by atoms with Crippen molar-refractivity contribution in [3.8, 4) is 0 Å². The van der Waals surface area contributed by atoms with E-state index in [-0.39, 0.29) is 5.91 Å². The van der Waals surface area contributed by atoms with Gasteiger partial charge in [-0.1, -0.05) is 12.2 Å². The van der Waals surface area contributed by atoms with E-state index >= 15 is 0 Å². The van der Waals surface area contributed by atoms with Crippen molar-refractivity contribution in [3.05, 3.63) is 12.2 Å². The van der Waals surface area contributed by atoms with Gasteiger partial charge in [-0.15, -0.1) is 0 Å². The minimum absolute atomic E-state index is 0.0781. The second-order valence-electron chi connectivity index (χ2n) is 2.80. The van der Waals surface area contributed by atoms with Gasteiger partial charge in [-0.2, -0.15) is 0 Å². The molecule has 4 heteroatoms. The molecule has 1 N–H and O–H groups in total. The van der Waals surface area contributed by atoms with Gasteiger partial charge in [0.25, 0.3) is 0 Å². The van der Waals surface area contributed by atoms with E-state index in [1.807, 2.05) is 0 Å². The van der Waals surface area contributed by atoms with Crippen molar-refractivity contribution >= 4 is 11.9 Å². The molecule has 0 saturated carbocycles. The molecule has 1 amide bonds. The molecule has 66 valence electrons. The van der Waals surface area contributed by atoms with Crippen LogP contribution in [0.3, 0.4) is 0 Å². The Kier molecular flexibility index (Phi) is 2.47. The molecule has 0 bridgehead atoms. The highest BCUT2D eigenvalue weighted by Crippen LogP contribution is 2.09. The van der Waals surface area contributed by atoms with Crippen molar-refractivity contribution < 1.29 is 14.7 Å². The fourth-order valence-electron chi connectivity index (χ4n) is 1.14. The van der Waals surface area contributed by atoms with Crippen molar-refractivity contribution in [3.63, 3.8) is 0 Å². The molecule has 1 atom stereocenters. The standard InChI is InChI=1S/C8H11NO3/c1-6(10)9-4-2-3-7(5-9)8(11)12/h2-3,7H,4-5H2,1H3,(H,11,12). The average Bonchev–Trinajstić information content (AvgIpc) is 2.04. The Morgan fingerprint density at radius 2 is 2.25 bits per heavy atom. The zero-order valence-electron chi connectivity index (χ0n) is 6.86. The molecule has 0 aromatic rings. The minimum atomic E-state index is -0.878. The zero-order chi connectivity index (χ0) is 9.14. The lowest BCUT2D eigenvalue weighted by Crippen LogP contribution is -2.38. The zero-order valence-corrected chi connectivity index (χ0v) is 6.86. The SMILES string of the molecule is CC(=O)N1CC=CC(C(=O)O)C1. The molecule has 0 fully saturated rings. The molecule has 0 aliphatic carbocycles. The molecule has 4 nitrogen and oxygen atoms in total. The van der Waals surface area contributed by atoms with Gasteiger partial charge in [0.1, 0.15) is 0 Å². The van der Waals surface area contributed by atoms with Crippen LogP contribution in [-0.4, -0.2) is 35.0 Å². The Balaban J connectivity index is 2.63. The van der Waals surface area contributed by atoms with E-state index in [4.69, 9.17) is 5.11 Å². The van der Waals surface area contributed by atoms with E-state index in [0.717, 1.165) is 0 Å². The average molecular weight is 169 g/mol. The fourth-order valence-corrected chi connectivity index (χ4v) is 1.14. The summed E-state index contributed by atoms with van der Waals surface area (Å²) in [6, 6.07) is 0. The highest BCUT2D eigenvalue weighted by molar-refractivity contribution is 5.77. The predicted molar refractivity (Wildman–Crippen MR) is 42.5 cm³/mol. The lowest BCUT2D eigenvalue weighted by Gasteiger charge is -2.25. The number of hydrogen-bond donors (Lipinski definition) is 1. The van der Waals surface area contributed by atoms with Crippen LogP contribution in [0, 0.1) is 5.92 Å². The van der Waals surface area contributed by atoms with Crippen LogP contribution in [0.4, 0.5) is 0 Å². The number of carboxylic acid groups (broad SMARTS) is 1. The molecule has 0 saturated heterocycles. The molecule has 12 heavy (non-hydrogen) atoms. The van der Waals surface area contributed by atoms with Crippen LogP contribution in [0.1, 0.15) is 6.92 Å². The van der Waals surface area contributed by atoms with Crippen LogP contribution in [-0.2, 0) is 9.59 Å². The van der Waals surface area contributed by atoms with Crippen LogP contribution in [0.25, 0.3) is 0 Å². The second kappa shape index (κ2) is 3.38. The van der Waals surface area contributed by atoms with Crippen molar-refractivity contribution in [2.45, 2.75) is 6.92 Å². The predicted octanol–water partition coefficient (Wildman–Crippen LogP) is 0.106. The smallest absolute Gasteiger partial charge is 0.312 e. The number of amides is 1. The quantitative estimate of drug-likeness (QED) is 0.566. The minimum Gasteiger partial charge on any atom is -0.481 e. The van der Waals surface area contributed by atoms with E-state index in [1.54, 1.807) is 12.2 Å². The molecule has 1 heterocycles. The van der Waals surface area contributed by atoms with Crippen molar-refractivity contribution in [2.24, 2.45) is 5.92 Å². The summed E-state index contributed by atoms with van der Waals surface area (Å²) in [5.41, 5.74) is 0. The van der Waals surface area contributed by atoms with Crippen LogP contribution < -0.4 is 0 Å². The first-order valence-corrected chi connectivity index (χ1v) is 3.76. The molecule has 1 rings (SSSR count). The summed E-state index contributed by atoms with van der Waals surface area (Å²) >= 11 is 0. The van der Waals surface area contributed by atoms with Gasteiger partial charge < -0.3 is 10.0 Å². The number of carboxylic acids is 1. The third kappa shape index (κ3) is 1.84. The third-order valence-electron chi connectivity index (χ3n) is 1.87. The van der Waals surface area contributed by atoms with E-state index in [1.165, 1.54) is 11.8 Å². The number of hydrogen-bond acceptors (Lipinski definition) is 2. The highest BCUT2D eigenvalue weighted by atomic mass is 16.4. The van der Waals surface area contributed by atoms with Crippen LogP contribution in [0.2, 0.25) is 0 Å². The first-order valence-electron chi connectivity index (χ1n) is 3.76. The van der Waals surface area contributed by atoms with Crippen molar-refractivity contribution in [1.82, 2.24) is 4.90 Å². The number of rotatable bonds is 1. The Morgan fingerprint density at radius 3 is 2.75 bits per heavy atom. The van der Waals surface area contributed by atoms with Crippen molar-refractivity contribution in [2.75, 3.05) is 13.1 Å². The molecule has 1 aliphatic rings. The van der Waals surface area contributed by atoms with E-state index in [2.05, 4.69) is 0 Å². The number of carbonyl (C=O) groups is 2. The van der Waals surface area contributed by atoms with Gasteiger partial charge >= 0.3 is 5.97 Å². The molecular weight excluding hydrogens is 158 g/mol. The van der Waals surface area contributed by atoms with Crippen LogP contribution >= 0.6 is 0 Å². The highest BCUT2D eigenvalue weighted by Gasteiger charge is 2.22. The van der Waals surface area contributed by atoms with E-state index < -0.39 is 11.9 Å². The Hall–Kier alpha value is -1.32. The Bertz CT molecular complexity index is 234. The number of carbonyl (C=O) groups excluding carboxylic acids is 1. The Morgan fingerprint density at radius 1 is 1.58 bits per heavy atom. The van der Waals surface area contributed by atoms with Gasteiger partial charge in [0.05, 0.1) is 5.92 Å². The maximum Gasteiger partial charge on any atom is 0.312 e. The summed E-state index contributed by atoms with van der Waals surface area (Å²) in [6.45, 7) is 2.26. The fraction of sp³-hybridized carbons (Fsp3) is 0.500. The topological polar surface area (TPSA) is 57.6 Å². The van der Waals surface area contributed by atoms with Gasteiger partial charge in [-0.3, -0.25) is 9.59 Å². The van der Waals surface area contributed by atoms with Gasteiger partial charge in [-0.25, -0.2) is 0 Å². The normalized spacial score (nSPS) is 22.4. The Labute approximate surface area is 70.5 Å². The molecular formula is C8H11NO3. The molecule has 0 spiro atoms. The maximum atomic E-state index is 10.9. The van der Waals surface area contributed by atoms with Gasteiger partial charge in [0, 0.05) is 20.0 Å². The van der Waals surface area contributed by atoms with E-state index in [0.29, 0.717) is 13.1 Å². The second-order valence-corrected chi connectivity index (χ2v) is 2.80. The van der Waals surface area contributed by atoms with Crippen LogP contribution in [0.15, 0.2) is 12.2 Å². The molecule has 0 aromatic heterocycles. The largest absolute Gasteiger partial charge is 0.481 e. The lowest BCUT2D eigenvalue weighted by atomic mass is 10.1. The first kappa shape index (κ1) is 8.77.